The van der Waals surface area contributed by atoms with Gasteiger partial charge in [-0.25, -0.2) is 0 Å². The number of carbonyl (C=O) groups excluding carboxylic acids is 1. The van der Waals surface area contributed by atoms with Crippen molar-refractivity contribution in [2.45, 2.75) is 39.3 Å². The molecule has 0 aliphatic rings. The molecule has 1 aromatic heterocycles. The molecule has 0 bridgehead atoms. The van der Waals surface area contributed by atoms with Crippen molar-refractivity contribution < 1.29 is 14.1 Å². The molecular weight excluding hydrogens is 234 g/mol. The van der Waals surface area contributed by atoms with Crippen LogP contribution < -0.4 is 11.1 Å². The van der Waals surface area contributed by atoms with Crippen molar-refractivity contribution in [2.24, 2.45) is 5.73 Å². The average Bonchev–Trinajstić information content (AvgIpc) is 2.77. The Morgan fingerprint density at radius 2 is 2.28 bits per heavy atom. The molecule has 6 heteroatoms. The van der Waals surface area contributed by atoms with Crippen LogP contribution in [0.1, 0.15) is 49.5 Å². The summed E-state index contributed by atoms with van der Waals surface area (Å²) in [6.45, 7) is 7.49. The first-order valence-corrected chi connectivity index (χ1v) is 6.12. The SMILES string of the molecule is CC(C)OCCCNC(C)c1cc(C(N)=O)no1. The summed E-state index contributed by atoms with van der Waals surface area (Å²) in [5.41, 5.74) is 5.25. The van der Waals surface area contributed by atoms with Gasteiger partial charge in [0.05, 0.1) is 12.1 Å². The minimum atomic E-state index is -0.581. The van der Waals surface area contributed by atoms with Crippen LogP contribution in [0.3, 0.4) is 0 Å². The molecule has 6 nitrogen and oxygen atoms in total. The Labute approximate surface area is 107 Å². The summed E-state index contributed by atoms with van der Waals surface area (Å²) in [7, 11) is 0. The van der Waals surface area contributed by atoms with Gasteiger partial charge in [-0.2, -0.15) is 0 Å². The van der Waals surface area contributed by atoms with Crippen LogP contribution in [0, 0.1) is 0 Å². The lowest BCUT2D eigenvalue weighted by atomic mass is 10.2. The summed E-state index contributed by atoms with van der Waals surface area (Å²) in [5.74, 6) is 0.0242. The topological polar surface area (TPSA) is 90.4 Å². The molecule has 0 aliphatic carbocycles. The summed E-state index contributed by atoms with van der Waals surface area (Å²) < 4.78 is 10.5. The van der Waals surface area contributed by atoms with Gasteiger partial charge < -0.3 is 20.3 Å². The van der Waals surface area contributed by atoms with Gasteiger partial charge >= 0.3 is 0 Å². The molecule has 1 amide bonds. The molecule has 0 aliphatic heterocycles. The minimum Gasteiger partial charge on any atom is -0.379 e. The maximum atomic E-state index is 10.9. The number of ether oxygens (including phenoxy) is 1. The Kier molecular flexibility index (Phi) is 5.80. The van der Waals surface area contributed by atoms with Gasteiger partial charge in [-0.15, -0.1) is 0 Å². The fourth-order valence-corrected chi connectivity index (χ4v) is 1.42. The van der Waals surface area contributed by atoms with Crippen molar-refractivity contribution in [1.82, 2.24) is 10.5 Å². The maximum Gasteiger partial charge on any atom is 0.270 e. The van der Waals surface area contributed by atoms with Gasteiger partial charge in [-0.3, -0.25) is 4.79 Å². The molecule has 0 radical (unpaired) electrons. The van der Waals surface area contributed by atoms with Crippen molar-refractivity contribution in [1.29, 1.82) is 0 Å². The van der Waals surface area contributed by atoms with Crippen molar-refractivity contribution in [2.75, 3.05) is 13.2 Å². The van der Waals surface area contributed by atoms with Gasteiger partial charge in [-0.1, -0.05) is 5.16 Å². The van der Waals surface area contributed by atoms with Crippen LogP contribution in [0.4, 0.5) is 0 Å². The predicted molar refractivity (Wildman–Crippen MR) is 67.1 cm³/mol. The third-order valence-electron chi connectivity index (χ3n) is 2.43. The smallest absolute Gasteiger partial charge is 0.270 e. The van der Waals surface area contributed by atoms with E-state index in [4.69, 9.17) is 15.0 Å². The maximum absolute atomic E-state index is 10.9. The Morgan fingerprint density at radius 3 is 2.83 bits per heavy atom. The number of rotatable bonds is 8. The summed E-state index contributed by atoms with van der Waals surface area (Å²) in [6.07, 6.45) is 1.18. The lowest BCUT2D eigenvalue weighted by Crippen LogP contribution is -2.21. The van der Waals surface area contributed by atoms with Gasteiger partial charge in [-0.05, 0) is 33.7 Å². The highest BCUT2D eigenvalue weighted by molar-refractivity contribution is 5.90. The van der Waals surface area contributed by atoms with E-state index in [2.05, 4.69) is 10.5 Å². The van der Waals surface area contributed by atoms with E-state index in [1.165, 1.54) is 0 Å². The number of aromatic nitrogens is 1. The van der Waals surface area contributed by atoms with E-state index in [1.807, 2.05) is 20.8 Å². The Hall–Kier alpha value is -1.40. The first-order chi connectivity index (χ1) is 8.50. The van der Waals surface area contributed by atoms with E-state index < -0.39 is 5.91 Å². The van der Waals surface area contributed by atoms with Crippen LogP contribution in [-0.2, 0) is 4.74 Å². The molecule has 0 spiro atoms. The summed E-state index contributed by atoms with van der Waals surface area (Å²) in [4.78, 5) is 10.9. The average molecular weight is 255 g/mol. The van der Waals surface area contributed by atoms with E-state index in [0.717, 1.165) is 19.6 Å². The quantitative estimate of drug-likeness (QED) is 0.682. The molecule has 0 fully saturated rings. The summed E-state index contributed by atoms with van der Waals surface area (Å²) in [6, 6.07) is 1.55. The molecule has 1 heterocycles. The van der Waals surface area contributed by atoms with Crippen LogP contribution >= 0.6 is 0 Å². The van der Waals surface area contributed by atoms with Crippen LogP contribution in [0.25, 0.3) is 0 Å². The summed E-state index contributed by atoms with van der Waals surface area (Å²) in [5, 5.41) is 6.85. The molecule has 3 N–H and O–H groups in total. The second-order valence-electron chi connectivity index (χ2n) is 4.43. The minimum absolute atomic E-state index is 0.00958. The molecule has 1 aromatic rings. The molecule has 0 saturated carbocycles. The van der Waals surface area contributed by atoms with E-state index in [1.54, 1.807) is 6.07 Å². The van der Waals surface area contributed by atoms with Crippen molar-refractivity contribution >= 4 is 5.91 Å². The fraction of sp³-hybridized carbons (Fsp3) is 0.667. The lowest BCUT2D eigenvalue weighted by Gasteiger charge is -2.11. The van der Waals surface area contributed by atoms with E-state index >= 15 is 0 Å². The number of carbonyl (C=O) groups is 1. The number of nitrogens with two attached hydrogens (primary N) is 1. The van der Waals surface area contributed by atoms with Crippen LogP contribution in [0.2, 0.25) is 0 Å². The molecule has 102 valence electrons. The largest absolute Gasteiger partial charge is 0.379 e. The normalized spacial score (nSPS) is 12.9. The van der Waals surface area contributed by atoms with Crippen LogP contribution in [0.15, 0.2) is 10.6 Å². The third-order valence-corrected chi connectivity index (χ3v) is 2.43. The summed E-state index contributed by atoms with van der Waals surface area (Å²) >= 11 is 0. The number of hydrogen-bond donors (Lipinski definition) is 2. The van der Waals surface area contributed by atoms with Gasteiger partial charge in [0.1, 0.15) is 0 Å². The lowest BCUT2D eigenvalue weighted by molar-refractivity contribution is 0.0766. The Bertz CT molecular complexity index is 376. The van der Waals surface area contributed by atoms with Gasteiger partial charge in [0.25, 0.3) is 5.91 Å². The van der Waals surface area contributed by atoms with Crippen molar-refractivity contribution in [3.8, 4) is 0 Å². The standard InChI is InChI=1S/C12H21N3O3/c1-8(2)17-6-4-5-14-9(3)11-7-10(12(13)16)15-18-11/h7-9,14H,4-6H2,1-3H3,(H2,13,16). The Balaban J connectivity index is 2.27. The van der Waals surface area contributed by atoms with Crippen molar-refractivity contribution in [3.05, 3.63) is 17.5 Å². The highest BCUT2D eigenvalue weighted by Crippen LogP contribution is 2.13. The molecular formula is C12H21N3O3. The highest BCUT2D eigenvalue weighted by atomic mass is 16.5. The molecule has 18 heavy (non-hydrogen) atoms. The van der Waals surface area contributed by atoms with E-state index in [9.17, 15) is 4.79 Å². The number of nitrogens with zero attached hydrogens (tertiary/aromatic N) is 1. The van der Waals surface area contributed by atoms with Crippen molar-refractivity contribution in [3.63, 3.8) is 0 Å². The fourth-order valence-electron chi connectivity index (χ4n) is 1.42. The van der Waals surface area contributed by atoms with Gasteiger partial charge in [0, 0.05) is 12.7 Å². The second-order valence-corrected chi connectivity index (χ2v) is 4.43. The first-order valence-electron chi connectivity index (χ1n) is 6.12. The molecule has 0 aromatic carbocycles. The molecule has 1 unspecified atom stereocenters. The number of hydrogen-bond acceptors (Lipinski definition) is 5. The van der Waals surface area contributed by atoms with Crippen LogP contribution in [0.5, 0.6) is 0 Å². The molecule has 1 rings (SSSR count). The number of nitrogens with one attached hydrogen (secondary N) is 1. The monoisotopic (exact) mass is 255 g/mol. The van der Waals surface area contributed by atoms with Gasteiger partial charge in [0.15, 0.2) is 11.5 Å². The number of amides is 1. The van der Waals surface area contributed by atoms with E-state index in [0.29, 0.717) is 5.76 Å². The first kappa shape index (κ1) is 14.7. The molecule has 0 saturated heterocycles. The third kappa shape index (κ3) is 4.85. The second kappa shape index (κ2) is 7.13. The molecule has 1 atom stereocenters. The zero-order valence-electron chi connectivity index (χ0n) is 11.1. The predicted octanol–water partition coefficient (Wildman–Crippen LogP) is 1.24. The zero-order valence-corrected chi connectivity index (χ0v) is 11.1. The van der Waals surface area contributed by atoms with Gasteiger partial charge in [0.2, 0.25) is 0 Å². The number of primary amides is 1. The Morgan fingerprint density at radius 1 is 1.56 bits per heavy atom. The zero-order chi connectivity index (χ0) is 13.5. The van der Waals surface area contributed by atoms with E-state index in [-0.39, 0.29) is 17.8 Å². The highest BCUT2D eigenvalue weighted by Gasteiger charge is 2.14. The van der Waals surface area contributed by atoms with Crippen LogP contribution in [-0.4, -0.2) is 30.3 Å².